The molecule has 0 saturated heterocycles. The van der Waals surface area contributed by atoms with Crippen molar-refractivity contribution in [3.8, 4) is 0 Å². The second-order valence-corrected chi connectivity index (χ2v) is 8.15. The van der Waals surface area contributed by atoms with Gasteiger partial charge in [0.25, 0.3) is 0 Å². The topological polar surface area (TPSA) is 60.3 Å². The van der Waals surface area contributed by atoms with Gasteiger partial charge in [0, 0.05) is 28.2 Å². The molecule has 5 nitrogen and oxygen atoms in total. The Hall–Kier alpha value is -4.12. The first-order valence-electron chi connectivity index (χ1n) is 10.9. The van der Waals surface area contributed by atoms with Gasteiger partial charge in [-0.3, -0.25) is 4.79 Å². The highest BCUT2D eigenvalue weighted by Gasteiger charge is 2.23. The average molecular weight is 437 g/mol. The summed E-state index contributed by atoms with van der Waals surface area (Å²) in [4.78, 5) is 25.6. The van der Waals surface area contributed by atoms with Crippen LogP contribution < -0.4 is 5.32 Å². The first kappa shape index (κ1) is 20.8. The molecule has 0 aliphatic carbocycles. The second kappa shape index (κ2) is 8.79. The number of benzene rings is 4. The number of hydrogen-bond acceptors (Lipinski definition) is 3. The van der Waals surface area contributed by atoms with E-state index in [0.717, 1.165) is 38.1 Å². The third kappa shape index (κ3) is 4.05. The van der Waals surface area contributed by atoms with Crippen LogP contribution in [-0.4, -0.2) is 29.6 Å². The van der Waals surface area contributed by atoms with Gasteiger partial charge in [0.05, 0.1) is 7.11 Å². The summed E-state index contributed by atoms with van der Waals surface area (Å²) in [6.45, 7) is 0.110. The quantitative estimate of drug-likeness (QED) is 0.387. The van der Waals surface area contributed by atoms with E-state index in [4.69, 9.17) is 4.74 Å². The lowest BCUT2D eigenvalue weighted by molar-refractivity contribution is -0.145. The fraction of sp³-hybridized carbons (Fsp3) is 0.143. The molecule has 0 bridgehead atoms. The van der Waals surface area contributed by atoms with Crippen LogP contribution in [0.5, 0.6) is 0 Å². The van der Waals surface area contributed by atoms with E-state index in [1.54, 1.807) is 0 Å². The molecule has 1 N–H and O–H groups in total. The van der Waals surface area contributed by atoms with Gasteiger partial charge in [0.1, 0.15) is 12.6 Å². The van der Waals surface area contributed by atoms with E-state index < -0.39 is 12.0 Å². The minimum atomic E-state index is -0.767. The van der Waals surface area contributed by atoms with Crippen LogP contribution in [-0.2, 0) is 27.3 Å². The summed E-state index contributed by atoms with van der Waals surface area (Å²) in [6.07, 6.45) is 0.358. The average Bonchev–Trinajstić information content (AvgIpc) is 3.16. The van der Waals surface area contributed by atoms with Crippen molar-refractivity contribution in [3.63, 3.8) is 0 Å². The van der Waals surface area contributed by atoms with Crippen molar-refractivity contribution in [3.05, 3.63) is 96.6 Å². The maximum Gasteiger partial charge on any atom is 0.328 e. The predicted octanol–water partition coefficient (Wildman–Crippen LogP) is 4.85. The zero-order chi connectivity index (χ0) is 22.8. The van der Waals surface area contributed by atoms with Crippen molar-refractivity contribution in [1.29, 1.82) is 0 Å². The van der Waals surface area contributed by atoms with Crippen LogP contribution >= 0.6 is 0 Å². The minimum Gasteiger partial charge on any atom is -0.467 e. The van der Waals surface area contributed by atoms with Crippen molar-refractivity contribution in [2.24, 2.45) is 0 Å². The zero-order valence-electron chi connectivity index (χ0n) is 18.3. The number of para-hydroxylation sites is 2. The van der Waals surface area contributed by atoms with Crippen molar-refractivity contribution in [2.45, 2.75) is 19.0 Å². The van der Waals surface area contributed by atoms with Crippen molar-refractivity contribution in [1.82, 2.24) is 9.88 Å². The highest BCUT2D eigenvalue weighted by Crippen LogP contribution is 2.28. The number of ether oxygens (including phenoxy) is 1. The van der Waals surface area contributed by atoms with Gasteiger partial charge in [-0.1, -0.05) is 78.9 Å². The van der Waals surface area contributed by atoms with E-state index >= 15 is 0 Å². The predicted molar refractivity (Wildman–Crippen MR) is 131 cm³/mol. The van der Waals surface area contributed by atoms with Crippen LogP contribution in [0.1, 0.15) is 5.56 Å². The number of rotatable bonds is 6. The highest BCUT2D eigenvalue weighted by atomic mass is 16.5. The van der Waals surface area contributed by atoms with E-state index in [-0.39, 0.29) is 12.5 Å². The maximum absolute atomic E-state index is 13.1. The first-order valence-corrected chi connectivity index (χ1v) is 10.9. The molecule has 33 heavy (non-hydrogen) atoms. The molecule has 5 heteroatoms. The number of fused-ring (bicyclic) bond motifs is 4. The van der Waals surface area contributed by atoms with Crippen LogP contribution in [0, 0.1) is 0 Å². The number of nitrogens with zero attached hydrogens (tertiary/aromatic N) is 1. The summed E-state index contributed by atoms with van der Waals surface area (Å²) in [6, 6.07) is 29.4. The Morgan fingerprint density at radius 2 is 1.42 bits per heavy atom. The summed E-state index contributed by atoms with van der Waals surface area (Å²) in [5.74, 6) is -0.698. The summed E-state index contributed by atoms with van der Waals surface area (Å²) in [5.41, 5.74) is 2.93. The van der Waals surface area contributed by atoms with Gasteiger partial charge in [-0.15, -0.1) is 0 Å². The van der Waals surface area contributed by atoms with Crippen molar-refractivity contribution in [2.75, 3.05) is 7.11 Å². The van der Waals surface area contributed by atoms with E-state index in [0.29, 0.717) is 6.42 Å². The molecule has 1 aromatic heterocycles. The molecule has 164 valence electrons. The number of carbonyl (C=O) groups is 2. The van der Waals surface area contributed by atoms with Gasteiger partial charge < -0.3 is 14.6 Å². The Bertz CT molecular complexity index is 1430. The molecule has 1 atom stereocenters. The lowest BCUT2D eigenvalue weighted by Crippen LogP contribution is -2.44. The Labute approximate surface area is 191 Å². The molecule has 1 amide bonds. The second-order valence-electron chi connectivity index (χ2n) is 8.15. The SMILES string of the molecule is COC(=O)[C@@H](Cc1ccc2ccccc2c1)NC(=O)Cn1c2ccccc2c2ccccc21. The van der Waals surface area contributed by atoms with Crippen LogP contribution in [0.15, 0.2) is 91.0 Å². The normalized spacial score (nSPS) is 12.2. The summed E-state index contributed by atoms with van der Waals surface area (Å²) in [5, 5.41) is 7.32. The fourth-order valence-electron chi connectivity index (χ4n) is 4.49. The summed E-state index contributed by atoms with van der Waals surface area (Å²) >= 11 is 0. The Balaban J connectivity index is 1.41. The largest absolute Gasteiger partial charge is 0.467 e. The lowest BCUT2D eigenvalue weighted by atomic mass is 10.0. The molecule has 4 aromatic carbocycles. The lowest BCUT2D eigenvalue weighted by Gasteiger charge is -2.18. The van der Waals surface area contributed by atoms with E-state index in [1.165, 1.54) is 7.11 Å². The molecular weight excluding hydrogens is 412 g/mol. The minimum absolute atomic E-state index is 0.110. The molecule has 0 spiro atoms. The molecule has 5 rings (SSSR count). The first-order chi connectivity index (χ1) is 16.1. The summed E-state index contributed by atoms with van der Waals surface area (Å²) in [7, 11) is 1.34. The Morgan fingerprint density at radius 1 is 0.818 bits per heavy atom. The number of esters is 1. The molecule has 1 heterocycles. The number of aromatic nitrogens is 1. The molecule has 0 radical (unpaired) electrons. The monoisotopic (exact) mass is 436 g/mol. The van der Waals surface area contributed by atoms with Crippen molar-refractivity contribution < 1.29 is 14.3 Å². The van der Waals surface area contributed by atoms with Gasteiger partial charge in [-0.25, -0.2) is 4.79 Å². The van der Waals surface area contributed by atoms with E-state index in [1.807, 2.05) is 83.4 Å². The molecule has 0 fully saturated rings. The molecule has 0 aliphatic heterocycles. The molecule has 0 aliphatic rings. The van der Waals surface area contributed by atoms with Gasteiger partial charge in [0.15, 0.2) is 0 Å². The number of amides is 1. The molecule has 0 saturated carbocycles. The third-order valence-corrected chi connectivity index (χ3v) is 6.06. The zero-order valence-corrected chi connectivity index (χ0v) is 18.3. The highest BCUT2D eigenvalue weighted by molar-refractivity contribution is 6.08. The van der Waals surface area contributed by atoms with E-state index in [9.17, 15) is 9.59 Å². The number of hydrogen-bond donors (Lipinski definition) is 1. The molecular formula is C28H24N2O3. The number of carbonyl (C=O) groups excluding carboxylic acids is 2. The van der Waals surface area contributed by atoms with Gasteiger partial charge >= 0.3 is 5.97 Å². The van der Waals surface area contributed by atoms with E-state index in [2.05, 4.69) is 17.4 Å². The van der Waals surface area contributed by atoms with Crippen LogP contribution in [0.4, 0.5) is 0 Å². The van der Waals surface area contributed by atoms with Crippen LogP contribution in [0.3, 0.4) is 0 Å². The van der Waals surface area contributed by atoms with Gasteiger partial charge in [-0.05, 0) is 28.5 Å². The standard InChI is InChI=1S/C28H24N2O3/c1-33-28(32)24(17-19-14-15-20-8-2-3-9-21(20)16-19)29-27(31)18-30-25-12-6-4-10-22(25)23-11-5-7-13-26(23)30/h2-16,24H,17-18H2,1H3,(H,29,31)/t24-/m1/s1. The Kier molecular flexibility index (Phi) is 5.53. The third-order valence-electron chi connectivity index (χ3n) is 6.06. The number of methoxy groups -OCH3 is 1. The smallest absolute Gasteiger partial charge is 0.328 e. The van der Waals surface area contributed by atoms with Gasteiger partial charge in [0.2, 0.25) is 5.91 Å². The molecule has 5 aromatic rings. The van der Waals surface area contributed by atoms with Crippen LogP contribution in [0.25, 0.3) is 32.6 Å². The number of nitrogens with one attached hydrogen (secondary N) is 1. The Morgan fingerprint density at radius 3 is 2.09 bits per heavy atom. The maximum atomic E-state index is 13.1. The molecule has 0 unspecified atom stereocenters. The van der Waals surface area contributed by atoms with Crippen LogP contribution in [0.2, 0.25) is 0 Å². The van der Waals surface area contributed by atoms with Gasteiger partial charge in [-0.2, -0.15) is 0 Å². The summed E-state index contributed by atoms with van der Waals surface area (Å²) < 4.78 is 6.98. The van der Waals surface area contributed by atoms with Crippen molar-refractivity contribution >= 4 is 44.5 Å². The fourth-order valence-corrected chi connectivity index (χ4v) is 4.49.